The van der Waals surface area contributed by atoms with Crippen molar-refractivity contribution < 1.29 is 13.2 Å². The van der Waals surface area contributed by atoms with Crippen LogP contribution in [0.1, 0.15) is 5.82 Å². The van der Waals surface area contributed by atoms with E-state index in [1.807, 2.05) is 0 Å². The van der Waals surface area contributed by atoms with Crippen molar-refractivity contribution in [3.63, 3.8) is 0 Å². The second-order valence-electron chi connectivity index (χ2n) is 5.01. The van der Waals surface area contributed by atoms with Gasteiger partial charge in [-0.05, 0) is 31.2 Å². The molecule has 0 saturated heterocycles. The van der Waals surface area contributed by atoms with Crippen LogP contribution in [0.15, 0.2) is 48.5 Å². The first-order valence-electron chi connectivity index (χ1n) is 7.11. The molecule has 0 aliphatic carbocycles. The highest BCUT2D eigenvalue weighted by molar-refractivity contribution is 5.64. The molecule has 0 aliphatic rings. The van der Waals surface area contributed by atoms with Crippen LogP contribution in [0.2, 0.25) is 0 Å². The largest absolute Gasteiger partial charge is 0.338 e. The molecule has 0 radical (unpaired) electrons. The van der Waals surface area contributed by atoms with Gasteiger partial charge in [-0.1, -0.05) is 18.2 Å². The third-order valence-electron chi connectivity index (χ3n) is 3.19. The molecule has 0 atom stereocenters. The molecule has 1 heterocycles. The normalized spacial score (nSPS) is 10.5. The molecule has 3 aromatic rings. The summed E-state index contributed by atoms with van der Waals surface area (Å²) in [5.74, 6) is -1.08. The molecule has 122 valence electrons. The highest BCUT2D eigenvalue weighted by Crippen LogP contribution is 2.25. The maximum absolute atomic E-state index is 13.7. The minimum Gasteiger partial charge on any atom is -0.338 e. The Hall–Kier alpha value is -3.09. The molecular weight excluding hydrogens is 317 g/mol. The second-order valence-corrected chi connectivity index (χ2v) is 5.01. The predicted octanol–water partition coefficient (Wildman–Crippen LogP) is 4.69. The molecule has 0 spiro atoms. The number of benzene rings is 2. The van der Waals surface area contributed by atoms with E-state index in [0.29, 0.717) is 11.6 Å². The molecule has 0 fully saturated rings. The molecule has 0 saturated carbocycles. The molecule has 1 aromatic heterocycles. The van der Waals surface area contributed by atoms with E-state index in [2.05, 4.69) is 20.6 Å². The van der Waals surface area contributed by atoms with E-state index in [1.165, 1.54) is 18.2 Å². The van der Waals surface area contributed by atoms with Crippen LogP contribution in [0, 0.1) is 24.4 Å². The molecule has 24 heavy (non-hydrogen) atoms. The fourth-order valence-electron chi connectivity index (χ4n) is 2.14. The van der Waals surface area contributed by atoms with Gasteiger partial charge in [-0.25, -0.2) is 23.1 Å². The number of rotatable bonds is 4. The topological polar surface area (TPSA) is 49.8 Å². The first-order chi connectivity index (χ1) is 11.5. The molecular formula is C17H13F3N4. The standard InChI is InChI=1S/C17H13F3N4/c1-10-21-15(23-14-8-3-2-5-11(14)18)9-16(22-10)24-17-12(19)6-4-7-13(17)20/h2-9H,1H3,(H2,21,22,23,24). The van der Waals surface area contributed by atoms with Gasteiger partial charge in [-0.2, -0.15) is 0 Å². The van der Waals surface area contributed by atoms with Crippen molar-refractivity contribution in [2.45, 2.75) is 6.92 Å². The lowest BCUT2D eigenvalue weighted by Crippen LogP contribution is -2.04. The second kappa shape index (κ2) is 6.57. The monoisotopic (exact) mass is 330 g/mol. The van der Waals surface area contributed by atoms with Crippen LogP contribution in [0.5, 0.6) is 0 Å². The van der Waals surface area contributed by atoms with Crippen LogP contribution in [0.4, 0.5) is 36.2 Å². The Bertz CT molecular complexity index is 863. The Kier molecular flexibility index (Phi) is 4.33. The van der Waals surface area contributed by atoms with Crippen molar-refractivity contribution in [2.75, 3.05) is 10.6 Å². The van der Waals surface area contributed by atoms with Gasteiger partial charge in [0.1, 0.15) is 40.6 Å². The van der Waals surface area contributed by atoms with Crippen LogP contribution < -0.4 is 10.6 Å². The first-order valence-corrected chi connectivity index (χ1v) is 7.11. The third-order valence-corrected chi connectivity index (χ3v) is 3.19. The minimum atomic E-state index is -0.741. The van der Waals surface area contributed by atoms with Gasteiger partial charge in [0.2, 0.25) is 0 Å². The number of aryl methyl sites for hydroxylation is 1. The Morgan fingerprint density at radius 3 is 2.00 bits per heavy atom. The van der Waals surface area contributed by atoms with Crippen molar-refractivity contribution in [2.24, 2.45) is 0 Å². The zero-order valence-corrected chi connectivity index (χ0v) is 12.6. The smallest absolute Gasteiger partial charge is 0.149 e. The summed E-state index contributed by atoms with van der Waals surface area (Å²) in [7, 11) is 0. The third kappa shape index (κ3) is 3.45. The first kappa shape index (κ1) is 15.8. The van der Waals surface area contributed by atoms with E-state index in [-0.39, 0.29) is 17.2 Å². The summed E-state index contributed by atoms with van der Waals surface area (Å²) >= 11 is 0. The number of hydrogen-bond donors (Lipinski definition) is 2. The van der Waals surface area contributed by atoms with Gasteiger partial charge < -0.3 is 10.6 Å². The quantitative estimate of drug-likeness (QED) is 0.729. The zero-order chi connectivity index (χ0) is 17.1. The number of para-hydroxylation sites is 2. The zero-order valence-electron chi connectivity index (χ0n) is 12.6. The van der Waals surface area contributed by atoms with Gasteiger partial charge in [-0.15, -0.1) is 0 Å². The van der Waals surface area contributed by atoms with E-state index in [0.717, 1.165) is 12.1 Å². The Labute approximate surface area is 136 Å². The summed E-state index contributed by atoms with van der Waals surface area (Å²) in [5.41, 5.74) is -0.0777. The predicted molar refractivity (Wildman–Crippen MR) is 86.1 cm³/mol. The van der Waals surface area contributed by atoms with Crippen LogP contribution in [0.3, 0.4) is 0 Å². The number of hydrogen-bond acceptors (Lipinski definition) is 4. The summed E-state index contributed by atoms with van der Waals surface area (Å²) in [6.45, 7) is 1.62. The van der Waals surface area contributed by atoms with Crippen LogP contribution in [0.25, 0.3) is 0 Å². The lowest BCUT2D eigenvalue weighted by Gasteiger charge is -2.11. The van der Waals surface area contributed by atoms with Gasteiger partial charge in [0, 0.05) is 6.07 Å². The van der Waals surface area contributed by atoms with E-state index in [1.54, 1.807) is 25.1 Å². The Morgan fingerprint density at radius 1 is 0.750 bits per heavy atom. The molecule has 0 aliphatic heterocycles. The number of anilines is 4. The minimum absolute atomic E-state index is 0.185. The molecule has 2 aromatic carbocycles. The average Bonchev–Trinajstić information content (AvgIpc) is 2.53. The number of halogens is 3. The van der Waals surface area contributed by atoms with E-state index >= 15 is 0 Å². The Balaban J connectivity index is 1.91. The van der Waals surface area contributed by atoms with Crippen molar-refractivity contribution in [1.82, 2.24) is 9.97 Å². The van der Waals surface area contributed by atoms with Gasteiger partial charge in [0.25, 0.3) is 0 Å². The number of aromatic nitrogens is 2. The molecule has 0 bridgehead atoms. The maximum Gasteiger partial charge on any atom is 0.149 e. The summed E-state index contributed by atoms with van der Waals surface area (Å²) in [4.78, 5) is 8.23. The fraction of sp³-hybridized carbons (Fsp3) is 0.0588. The Morgan fingerprint density at radius 2 is 1.33 bits per heavy atom. The van der Waals surface area contributed by atoms with Crippen LogP contribution in [-0.4, -0.2) is 9.97 Å². The SMILES string of the molecule is Cc1nc(Nc2ccccc2F)cc(Nc2c(F)cccc2F)n1. The number of nitrogens with one attached hydrogen (secondary N) is 2. The van der Waals surface area contributed by atoms with Crippen molar-refractivity contribution >= 4 is 23.0 Å². The summed E-state index contributed by atoms with van der Waals surface area (Å²) in [6, 6.07) is 11.1. The molecule has 0 unspecified atom stereocenters. The molecule has 3 rings (SSSR count). The van der Waals surface area contributed by atoms with Crippen molar-refractivity contribution in [1.29, 1.82) is 0 Å². The van der Waals surface area contributed by atoms with Crippen molar-refractivity contribution in [3.8, 4) is 0 Å². The molecule has 7 heteroatoms. The molecule has 0 amide bonds. The van der Waals surface area contributed by atoms with Gasteiger partial charge in [0.15, 0.2) is 0 Å². The molecule has 2 N–H and O–H groups in total. The maximum atomic E-state index is 13.7. The van der Waals surface area contributed by atoms with E-state index in [4.69, 9.17) is 0 Å². The highest BCUT2D eigenvalue weighted by atomic mass is 19.1. The molecule has 4 nitrogen and oxygen atoms in total. The fourth-order valence-corrected chi connectivity index (χ4v) is 2.14. The number of nitrogens with zero attached hydrogens (tertiary/aromatic N) is 2. The van der Waals surface area contributed by atoms with Crippen LogP contribution in [-0.2, 0) is 0 Å². The van der Waals surface area contributed by atoms with Crippen molar-refractivity contribution in [3.05, 3.63) is 71.8 Å². The average molecular weight is 330 g/mol. The van der Waals surface area contributed by atoms with Gasteiger partial charge >= 0.3 is 0 Å². The summed E-state index contributed by atoms with van der Waals surface area (Å²) in [6.07, 6.45) is 0. The van der Waals surface area contributed by atoms with Gasteiger partial charge in [0.05, 0.1) is 5.69 Å². The van der Waals surface area contributed by atoms with E-state index < -0.39 is 17.5 Å². The summed E-state index contributed by atoms with van der Waals surface area (Å²) < 4.78 is 41.2. The summed E-state index contributed by atoms with van der Waals surface area (Å²) in [5, 5.41) is 5.40. The van der Waals surface area contributed by atoms with Gasteiger partial charge in [-0.3, -0.25) is 0 Å². The van der Waals surface area contributed by atoms with E-state index in [9.17, 15) is 13.2 Å². The lowest BCUT2D eigenvalue weighted by atomic mass is 10.3. The highest BCUT2D eigenvalue weighted by Gasteiger charge is 2.11. The van der Waals surface area contributed by atoms with Crippen LogP contribution >= 0.6 is 0 Å². The lowest BCUT2D eigenvalue weighted by molar-refractivity contribution is 0.590.